The summed E-state index contributed by atoms with van der Waals surface area (Å²) in [6, 6.07) is 9.99. The zero-order valence-electron chi connectivity index (χ0n) is 14.3. The Kier molecular flexibility index (Phi) is 5.16. The van der Waals surface area contributed by atoms with Crippen LogP contribution >= 0.6 is 0 Å². The number of rotatable bonds is 8. The van der Waals surface area contributed by atoms with Gasteiger partial charge < -0.3 is 5.11 Å². The first-order chi connectivity index (χ1) is 11.5. The Balaban J connectivity index is 1.71. The topological polar surface area (TPSA) is 71.5 Å². The van der Waals surface area contributed by atoms with Crippen molar-refractivity contribution in [1.29, 1.82) is 0 Å². The van der Waals surface area contributed by atoms with E-state index in [0.29, 0.717) is 24.3 Å². The van der Waals surface area contributed by atoms with E-state index in [-0.39, 0.29) is 6.54 Å². The summed E-state index contributed by atoms with van der Waals surface area (Å²) >= 11 is 0. The van der Waals surface area contributed by atoms with Crippen molar-refractivity contribution in [3.8, 4) is 11.4 Å². The van der Waals surface area contributed by atoms with Crippen LogP contribution in [0.3, 0.4) is 0 Å². The Morgan fingerprint density at radius 2 is 2.00 bits per heavy atom. The van der Waals surface area contributed by atoms with Gasteiger partial charge in [0.15, 0.2) is 5.82 Å². The number of aliphatic hydroxyl groups is 1. The Hall–Kier alpha value is -1.92. The minimum absolute atomic E-state index is 0.188. The lowest BCUT2D eigenvalue weighted by Crippen LogP contribution is -2.39. The van der Waals surface area contributed by atoms with Gasteiger partial charge in [-0.1, -0.05) is 49.3 Å². The Morgan fingerprint density at radius 1 is 1.29 bits per heavy atom. The average Bonchev–Trinajstić information content (AvgIpc) is 3.33. The van der Waals surface area contributed by atoms with Crippen LogP contribution in [0, 0.1) is 5.92 Å². The van der Waals surface area contributed by atoms with Crippen LogP contribution in [0.25, 0.3) is 11.4 Å². The van der Waals surface area contributed by atoms with Crippen molar-refractivity contribution >= 4 is 0 Å². The summed E-state index contributed by atoms with van der Waals surface area (Å²) in [5.74, 6) is 0.479. The summed E-state index contributed by atoms with van der Waals surface area (Å²) in [5.41, 5.74) is 0.803. The van der Waals surface area contributed by atoms with Gasteiger partial charge >= 0.3 is 5.76 Å². The van der Waals surface area contributed by atoms with Crippen LogP contribution < -0.4 is 5.76 Å². The standard InChI is InChI=1S/C18H25N3O3/c1-13(2)10-20(15-8-9-15)11-16(22)12-21-17(19-24-18(21)23)14-6-4-3-5-7-14/h3-7,13,15-16,22H,8-12H2,1-2H3. The number of hydrogen-bond donors (Lipinski definition) is 1. The van der Waals surface area contributed by atoms with E-state index in [1.807, 2.05) is 30.3 Å². The Morgan fingerprint density at radius 3 is 2.62 bits per heavy atom. The molecule has 1 heterocycles. The van der Waals surface area contributed by atoms with Crippen molar-refractivity contribution < 1.29 is 9.63 Å². The van der Waals surface area contributed by atoms with Gasteiger partial charge in [-0.25, -0.2) is 4.79 Å². The quantitative estimate of drug-likeness (QED) is 0.801. The molecule has 1 fully saturated rings. The highest BCUT2D eigenvalue weighted by molar-refractivity contribution is 5.54. The molecule has 6 heteroatoms. The minimum Gasteiger partial charge on any atom is -0.390 e. The number of benzene rings is 1. The van der Waals surface area contributed by atoms with Gasteiger partial charge in [0.1, 0.15) is 0 Å². The lowest BCUT2D eigenvalue weighted by Gasteiger charge is -2.26. The zero-order chi connectivity index (χ0) is 17.1. The third kappa shape index (κ3) is 4.13. The SMILES string of the molecule is CC(C)CN(CC(O)Cn1c(-c2ccccc2)noc1=O)C1CC1. The second-order valence-electron chi connectivity index (χ2n) is 6.98. The normalized spacial score (nSPS) is 16.0. The van der Waals surface area contributed by atoms with Gasteiger partial charge in [-0.2, -0.15) is 0 Å². The predicted octanol–water partition coefficient (Wildman–Crippen LogP) is 1.98. The molecule has 0 amide bonds. The van der Waals surface area contributed by atoms with Crippen LogP contribution in [0.5, 0.6) is 0 Å². The fourth-order valence-electron chi connectivity index (χ4n) is 3.04. The van der Waals surface area contributed by atoms with E-state index in [1.165, 1.54) is 17.4 Å². The van der Waals surface area contributed by atoms with Crippen LogP contribution in [0.1, 0.15) is 26.7 Å². The zero-order valence-corrected chi connectivity index (χ0v) is 14.3. The monoisotopic (exact) mass is 331 g/mol. The van der Waals surface area contributed by atoms with E-state index in [2.05, 4.69) is 23.9 Å². The molecule has 0 spiro atoms. The molecule has 1 aromatic carbocycles. The molecule has 24 heavy (non-hydrogen) atoms. The third-order valence-electron chi connectivity index (χ3n) is 4.22. The first-order valence-corrected chi connectivity index (χ1v) is 8.58. The van der Waals surface area contributed by atoms with Crippen LogP contribution in [0.15, 0.2) is 39.6 Å². The molecule has 1 aliphatic carbocycles. The van der Waals surface area contributed by atoms with Gasteiger partial charge in [0.25, 0.3) is 0 Å². The summed E-state index contributed by atoms with van der Waals surface area (Å²) in [6.07, 6.45) is 1.76. The smallest absolute Gasteiger partial charge is 0.390 e. The van der Waals surface area contributed by atoms with E-state index in [9.17, 15) is 9.90 Å². The maximum Gasteiger partial charge on any atom is 0.441 e. The van der Waals surface area contributed by atoms with E-state index < -0.39 is 11.9 Å². The fourth-order valence-corrected chi connectivity index (χ4v) is 3.04. The molecule has 0 saturated heterocycles. The number of nitrogens with zero attached hydrogens (tertiary/aromatic N) is 3. The molecule has 3 rings (SSSR count). The summed E-state index contributed by atoms with van der Waals surface area (Å²) in [6.45, 7) is 6.08. The number of hydrogen-bond acceptors (Lipinski definition) is 5. The van der Waals surface area contributed by atoms with E-state index in [1.54, 1.807) is 0 Å². The molecule has 0 aliphatic heterocycles. The van der Waals surface area contributed by atoms with E-state index in [0.717, 1.165) is 12.1 Å². The fraction of sp³-hybridized carbons (Fsp3) is 0.556. The van der Waals surface area contributed by atoms with Gasteiger partial charge in [-0.15, -0.1) is 0 Å². The highest BCUT2D eigenvalue weighted by atomic mass is 16.5. The van der Waals surface area contributed by atoms with E-state index >= 15 is 0 Å². The molecular weight excluding hydrogens is 306 g/mol. The molecule has 1 aromatic heterocycles. The van der Waals surface area contributed by atoms with Crippen LogP contribution in [-0.2, 0) is 6.54 Å². The Labute approximate surface area is 141 Å². The van der Waals surface area contributed by atoms with Gasteiger partial charge in [0.2, 0.25) is 0 Å². The number of aromatic nitrogens is 2. The molecule has 1 saturated carbocycles. The lowest BCUT2D eigenvalue weighted by molar-refractivity contribution is 0.0867. The van der Waals surface area contributed by atoms with Crippen molar-refractivity contribution in [2.45, 2.75) is 45.4 Å². The summed E-state index contributed by atoms with van der Waals surface area (Å²) in [7, 11) is 0. The summed E-state index contributed by atoms with van der Waals surface area (Å²) in [5, 5.41) is 14.4. The lowest BCUT2D eigenvalue weighted by atomic mass is 10.2. The molecule has 2 aromatic rings. The van der Waals surface area contributed by atoms with Crippen LogP contribution in [0.4, 0.5) is 0 Å². The molecule has 1 atom stereocenters. The number of aliphatic hydroxyl groups excluding tert-OH is 1. The van der Waals surface area contributed by atoms with Gasteiger partial charge in [0, 0.05) is 24.7 Å². The molecule has 130 valence electrons. The summed E-state index contributed by atoms with van der Waals surface area (Å²) < 4.78 is 6.23. The van der Waals surface area contributed by atoms with Gasteiger partial charge in [-0.05, 0) is 18.8 Å². The van der Waals surface area contributed by atoms with Crippen molar-refractivity contribution in [3.63, 3.8) is 0 Å². The van der Waals surface area contributed by atoms with Crippen molar-refractivity contribution in [2.75, 3.05) is 13.1 Å². The van der Waals surface area contributed by atoms with Crippen molar-refractivity contribution in [2.24, 2.45) is 5.92 Å². The molecular formula is C18H25N3O3. The molecule has 1 N–H and O–H groups in total. The highest BCUT2D eigenvalue weighted by Gasteiger charge is 2.31. The minimum atomic E-state index is -0.635. The second-order valence-corrected chi connectivity index (χ2v) is 6.98. The van der Waals surface area contributed by atoms with Gasteiger partial charge in [0.05, 0.1) is 12.6 Å². The largest absolute Gasteiger partial charge is 0.441 e. The maximum atomic E-state index is 12.0. The van der Waals surface area contributed by atoms with Crippen molar-refractivity contribution in [3.05, 3.63) is 40.9 Å². The maximum absolute atomic E-state index is 12.0. The predicted molar refractivity (Wildman–Crippen MR) is 91.6 cm³/mol. The molecule has 1 aliphatic rings. The summed E-state index contributed by atoms with van der Waals surface area (Å²) in [4.78, 5) is 14.3. The van der Waals surface area contributed by atoms with Crippen molar-refractivity contribution in [1.82, 2.24) is 14.6 Å². The van der Waals surface area contributed by atoms with Crippen LogP contribution in [0.2, 0.25) is 0 Å². The molecule has 1 unspecified atom stereocenters. The van der Waals surface area contributed by atoms with Gasteiger partial charge in [-0.3, -0.25) is 14.0 Å². The van der Waals surface area contributed by atoms with E-state index in [4.69, 9.17) is 4.52 Å². The average molecular weight is 331 g/mol. The molecule has 0 bridgehead atoms. The molecule has 0 radical (unpaired) electrons. The first kappa shape index (κ1) is 16.9. The third-order valence-corrected chi connectivity index (χ3v) is 4.22. The Bertz CT molecular complexity index is 704. The first-order valence-electron chi connectivity index (χ1n) is 8.58. The highest BCUT2D eigenvalue weighted by Crippen LogP contribution is 2.27. The second kappa shape index (κ2) is 7.32. The van der Waals surface area contributed by atoms with Crippen LogP contribution in [-0.4, -0.2) is 45.0 Å². The molecule has 6 nitrogen and oxygen atoms in total.